The minimum atomic E-state index is -0.246. The third kappa shape index (κ3) is 4.82. The zero-order valence-corrected chi connectivity index (χ0v) is 19.4. The SMILES string of the molecule is Cc1ccc(-n2c(-c3ccccc3)cc(/C=N/NC(=O)c3ccccc3)c2-c2ccccc2)cc1. The molecule has 0 aliphatic carbocycles. The number of benzene rings is 4. The molecule has 35 heavy (non-hydrogen) atoms. The molecule has 0 saturated carbocycles. The molecule has 0 spiro atoms. The second-order valence-electron chi connectivity index (χ2n) is 8.30. The summed E-state index contributed by atoms with van der Waals surface area (Å²) >= 11 is 0. The summed E-state index contributed by atoms with van der Waals surface area (Å²) in [5.74, 6) is -0.246. The van der Waals surface area contributed by atoms with Crippen molar-refractivity contribution in [2.75, 3.05) is 0 Å². The van der Waals surface area contributed by atoms with Gasteiger partial charge in [-0.15, -0.1) is 0 Å². The van der Waals surface area contributed by atoms with E-state index in [0.717, 1.165) is 33.8 Å². The predicted octanol–water partition coefficient (Wildman–Crippen LogP) is 6.88. The number of aryl methyl sites for hydroxylation is 1. The molecular formula is C31H25N3O. The molecule has 0 bridgehead atoms. The molecule has 1 aromatic heterocycles. The van der Waals surface area contributed by atoms with Crippen LogP contribution in [0.4, 0.5) is 0 Å². The minimum absolute atomic E-state index is 0.246. The molecule has 0 saturated heterocycles. The van der Waals surface area contributed by atoms with Crippen LogP contribution in [0.2, 0.25) is 0 Å². The lowest BCUT2D eigenvalue weighted by molar-refractivity contribution is 0.0955. The van der Waals surface area contributed by atoms with Crippen LogP contribution >= 0.6 is 0 Å². The summed E-state index contributed by atoms with van der Waals surface area (Å²) in [7, 11) is 0. The average molecular weight is 456 g/mol. The number of aromatic nitrogens is 1. The lowest BCUT2D eigenvalue weighted by atomic mass is 10.1. The first kappa shape index (κ1) is 22.1. The van der Waals surface area contributed by atoms with Crippen molar-refractivity contribution < 1.29 is 4.79 Å². The second kappa shape index (κ2) is 10.1. The molecule has 1 amide bonds. The summed E-state index contributed by atoms with van der Waals surface area (Å²) in [5.41, 5.74) is 10.6. The third-order valence-corrected chi connectivity index (χ3v) is 5.84. The molecule has 0 atom stereocenters. The van der Waals surface area contributed by atoms with Gasteiger partial charge in [0, 0.05) is 16.8 Å². The number of nitrogens with zero attached hydrogens (tertiary/aromatic N) is 2. The zero-order valence-electron chi connectivity index (χ0n) is 19.4. The first-order valence-corrected chi connectivity index (χ1v) is 11.5. The van der Waals surface area contributed by atoms with E-state index < -0.39 is 0 Å². The Labute approximate surface area is 205 Å². The number of hydrogen-bond acceptors (Lipinski definition) is 2. The lowest BCUT2D eigenvalue weighted by Crippen LogP contribution is -2.17. The molecule has 0 radical (unpaired) electrons. The van der Waals surface area contributed by atoms with Crippen molar-refractivity contribution in [1.82, 2.24) is 9.99 Å². The zero-order chi connectivity index (χ0) is 24.0. The summed E-state index contributed by atoms with van der Waals surface area (Å²) < 4.78 is 2.25. The highest BCUT2D eigenvalue weighted by Gasteiger charge is 2.18. The van der Waals surface area contributed by atoms with Crippen LogP contribution in [0, 0.1) is 6.92 Å². The minimum Gasteiger partial charge on any atom is -0.309 e. The van der Waals surface area contributed by atoms with Gasteiger partial charge in [-0.2, -0.15) is 5.10 Å². The Hall–Kier alpha value is -4.70. The van der Waals surface area contributed by atoms with Crippen molar-refractivity contribution in [2.45, 2.75) is 6.92 Å². The Bertz CT molecular complexity index is 1450. The van der Waals surface area contributed by atoms with Gasteiger partial charge in [-0.3, -0.25) is 4.79 Å². The van der Waals surface area contributed by atoms with Crippen LogP contribution in [0.3, 0.4) is 0 Å². The van der Waals surface area contributed by atoms with Crippen LogP contribution < -0.4 is 5.43 Å². The van der Waals surface area contributed by atoms with Gasteiger partial charge in [0.15, 0.2) is 0 Å². The summed E-state index contributed by atoms with van der Waals surface area (Å²) in [6, 6.07) is 40.3. The quantitative estimate of drug-likeness (QED) is 0.220. The molecule has 4 nitrogen and oxygen atoms in total. The van der Waals surface area contributed by atoms with Gasteiger partial charge >= 0.3 is 0 Å². The fraction of sp³-hybridized carbons (Fsp3) is 0.0323. The number of rotatable bonds is 6. The predicted molar refractivity (Wildman–Crippen MR) is 143 cm³/mol. The summed E-state index contributed by atoms with van der Waals surface area (Å²) in [5, 5.41) is 4.32. The third-order valence-electron chi connectivity index (χ3n) is 5.84. The van der Waals surface area contributed by atoms with Gasteiger partial charge in [-0.25, -0.2) is 5.43 Å². The Balaban J connectivity index is 1.65. The van der Waals surface area contributed by atoms with Crippen molar-refractivity contribution in [2.24, 2.45) is 5.10 Å². The van der Waals surface area contributed by atoms with Gasteiger partial charge in [-0.05, 0) is 48.4 Å². The lowest BCUT2D eigenvalue weighted by Gasteiger charge is -2.15. The summed E-state index contributed by atoms with van der Waals surface area (Å²) in [6.07, 6.45) is 1.72. The Morgan fingerprint density at radius 2 is 1.31 bits per heavy atom. The number of hydrogen-bond donors (Lipinski definition) is 1. The van der Waals surface area contributed by atoms with Gasteiger partial charge in [0.1, 0.15) is 0 Å². The maximum atomic E-state index is 12.5. The number of hydrazone groups is 1. The van der Waals surface area contributed by atoms with Gasteiger partial charge in [-0.1, -0.05) is 96.6 Å². The molecule has 1 N–H and O–H groups in total. The molecule has 0 fully saturated rings. The first-order chi connectivity index (χ1) is 17.2. The normalized spacial score (nSPS) is 11.0. The molecule has 0 unspecified atom stereocenters. The summed E-state index contributed by atoms with van der Waals surface area (Å²) in [6.45, 7) is 2.09. The largest absolute Gasteiger partial charge is 0.309 e. The van der Waals surface area contributed by atoms with Gasteiger partial charge < -0.3 is 4.57 Å². The smallest absolute Gasteiger partial charge is 0.271 e. The van der Waals surface area contributed by atoms with E-state index in [1.807, 2.05) is 54.6 Å². The first-order valence-electron chi connectivity index (χ1n) is 11.5. The van der Waals surface area contributed by atoms with Crippen LogP contribution in [-0.4, -0.2) is 16.7 Å². The number of amides is 1. The Morgan fingerprint density at radius 3 is 1.94 bits per heavy atom. The van der Waals surface area contributed by atoms with Crippen molar-refractivity contribution >= 4 is 12.1 Å². The standard InChI is InChI=1S/C31H25N3O/c1-23-17-19-28(20-18-23)34-29(24-11-5-2-6-12-24)21-27(30(34)25-13-7-3-8-14-25)22-32-33-31(35)26-15-9-4-10-16-26/h2-22H,1H3,(H,33,35)/b32-22+. The average Bonchev–Trinajstić information content (AvgIpc) is 3.30. The molecule has 1 heterocycles. The van der Waals surface area contributed by atoms with Gasteiger partial charge in [0.2, 0.25) is 0 Å². The topological polar surface area (TPSA) is 46.4 Å². The van der Waals surface area contributed by atoms with Gasteiger partial charge in [0.05, 0.1) is 17.6 Å². The molecule has 4 aromatic carbocycles. The number of carbonyl (C=O) groups is 1. The van der Waals surface area contributed by atoms with E-state index in [9.17, 15) is 4.79 Å². The second-order valence-corrected chi connectivity index (χ2v) is 8.30. The van der Waals surface area contributed by atoms with E-state index in [1.54, 1.807) is 18.3 Å². The van der Waals surface area contributed by atoms with Crippen LogP contribution in [0.15, 0.2) is 126 Å². The monoisotopic (exact) mass is 455 g/mol. The fourth-order valence-electron chi connectivity index (χ4n) is 4.12. The van der Waals surface area contributed by atoms with Crippen LogP contribution in [0.5, 0.6) is 0 Å². The van der Waals surface area contributed by atoms with Crippen LogP contribution in [-0.2, 0) is 0 Å². The summed E-state index contributed by atoms with van der Waals surface area (Å²) in [4.78, 5) is 12.5. The van der Waals surface area contributed by atoms with Crippen molar-refractivity contribution in [3.63, 3.8) is 0 Å². The Kier molecular flexibility index (Phi) is 6.35. The number of carbonyl (C=O) groups excluding carboxylic acids is 1. The molecule has 5 rings (SSSR count). The van der Waals surface area contributed by atoms with Crippen molar-refractivity contribution in [1.29, 1.82) is 0 Å². The fourth-order valence-corrected chi connectivity index (χ4v) is 4.12. The maximum Gasteiger partial charge on any atom is 0.271 e. The van der Waals surface area contributed by atoms with E-state index in [2.05, 4.69) is 76.6 Å². The molecule has 5 aromatic rings. The van der Waals surface area contributed by atoms with Crippen molar-refractivity contribution in [3.8, 4) is 28.2 Å². The van der Waals surface area contributed by atoms with Crippen LogP contribution in [0.25, 0.3) is 28.2 Å². The molecule has 170 valence electrons. The van der Waals surface area contributed by atoms with E-state index >= 15 is 0 Å². The highest BCUT2D eigenvalue weighted by atomic mass is 16.2. The molecule has 0 aliphatic rings. The van der Waals surface area contributed by atoms with E-state index in [4.69, 9.17) is 0 Å². The molecule has 0 aliphatic heterocycles. The van der Waals surface area contributed by atoms with E-state index in [0.29, 0.717) is 5.56 Å². The van der Waals surface area contributed by atoms with Gasteiger partial charge in [0.25, 0.3) is 5.91 Å². The highest BCUT2D eigenvalue weighted by Crippen LogP contribution is 2.35. The van der Waals surface area contributed by atoms with E-state index in [1.165, 1.54) is 5.56 Å². The highest BCUT2D eigenvalue weighted by molar-refractivity contribution is 5.97. The number of nitrogens with one attached hydrogen (secondary N) is 1. The molecular weight excluding hydrogens is 430 g/mol. The van der Waals surface area contributed by atoms with E-state index in [-0.39, 0.29) is 5.91 Å². The molecule has 4 heteroatoms. The van der Waals surface area contributed by atoms with Crippen molar-refractivity contribution in [3.05, 3.63) is 138 Å². The maximum absolute atomic E-state index is 12.5. The van der Waals surface area contributed by atoms with Crippen LogP contribution in [0.1, 0.15) is 21.5 Å². The Morgan fingerprint density at radius 1 is 0.743 bits per heavy atom.